The van der Waals surface area contributed by atoms with Crippen molar-refractivity contribution in [3.05, 3.63) is 34.5 Å². The maximum Gasteiger partial charge on any atom is 0.223 e. The van der Waals surface area contributed by atoms with Crippen molar-refractivity contribution in [3.8, 4) is 0 Å². The van der Waals surface area contributed by atoms with Crippen LogP contribution in [0.5, 0.6) is 0 Å². The number of amides is 1. The molecule has 0 aromatic carbocycles. The first kappa shape index (κ1) is 11.4. The highest BCUT2D eigenvalue weighted by Crippen LogP contribution is 2.21. The Hall–Kier alpha value is -1.09. The maximum absolute atomic E-state index is 11.9. The standard InChI is InChI=1S/C13H17NOS/c1-14(9-12-6-7-16-10-12)13(15)8-11-4-2-3-5-11/h2,4,6-7,10-11H,3,5,8-9H2,1H3/t11-/m1/s1. The van der Waals surface area contributed by atoms with Crippen LogP contribution in [0.3, 0.4) is 0 Å². The summed E-state index contributed by atoms with van der Waals surface area (Å²) in [6.07, 6.45) is 7.29. The fraction of sp³-hybridized carbons (Fsp3) is 0.462. The molecule has 3 heteroatoms. The van der Waals surface area contributed by atoms with E-state index < -0.39 is 0 Å². The van der Waals surface area contributed by atoms with Crippen molar-refractivity contribution >= 4 is 17.2 Å². The molecule has 0 aliphatic heterocycles. The first-order chi connectivity index (χ1) is 7.75. The monoisotopic (exact) mass is 235 g/mol. The van der Waals surface area contributed by atoms with Crippen LogP contribution in [0.4, 0.5) is 0 Å². The normalized spacial score (nSPS) is 18.9. The van der Waals surface area contributed by atoms with Gasteiger partial charge in [0.15, 0.2) is 0 Å². The van der Waals surface area contributed by atoms with E-state index in [1.54, 1.807) is 11.3 Å². The number of carbonyl (C=O) groups excluding carboxylic acids is 1. The molecule has 0 N–H and O–H groups in total. The molecule has 16 heavy (non-hydrogen) atoms. The molecular formula is C13H17NOS. The van der Waals surface area contributed by atoms with E-state index in [1.165, 1.54) is 5.56 Å². The van der Waals surface area contributed by atoms with Gasteiger partial charge in [0.2, 0.25) is 5.91 Å². The molecule has 1 amide bonds. The highest BCUT2D eigenvalue weighted by atomic mass is 32.1. The lowest BCUT2D eigenvalue weighted by atomic mass is 10.0. The van der Waals surface area contributed by atoms with Crippen molar-refractivity contribution in [1.29, 1.82) is 0 Å². The summed E-state index contributed by atoms with van der Waals surface area (Å²) in [5, 5.41) is 4.15. The number of carbonyl (C=O) groups is 1. The highest BCUT2D eigenvalue weighted by molar-refractivity contribution is 7.07. The van der Waals surface area contributed by atoms with E-state index in [0.29, 0.717) is 12.3 Å². The SMILES string of the molecule is CN(Cc1ccsc1)C(=O)C[C@@H]1C=CCC1. The maximum atomic E-state index is 11.9. The van der Waals surface area contributed by atoms with Crippen LogP contribution in [-0.4, -0.2) is 17.9 Å². The quantitative estimate of drug-likeness (QED) is 0.734. The molecule has 1 aromatic rings. The Balaban J connectivity index is 1.82. The molecule has 0 saturated carbocycles. The van der Waals surface area contributed by atoms with Crippen LogP contribution in [0.25, 0.3) is 0 Å². The average molecular weight is 235 g/mol. The number of nitrogens with zero attached hydrogens (tertiary/aromatic N) is 1. The molecule has 1 heterocycles. The summed E-state index contributed by atoms with van der Waals surface area (Å²) in [7, 11) is 1.89. The lowest BCUT2D eigenvalue weighted by Gasteiger charge is -2.18. The fourth-order valence-corrected chi connectivity index (χ4v) is 2.65. The molecule has 0 unspecified atom stereocenters. The Labute approximate surface area is 101 Å². The van der Waals surface area contributed by atoms with Crippen molar-refractivity contribution in [1.82, 2.24) is 4.90 Å². The lowest BCUT2D eigenvalue weighted by Crippen LogP contribution is -2.27. The molecule has 1 aromatic heterocycles. The summed E-state index contributed by atoms with van der Waals surface area (Å²) in [5.74, 6) is 0.722. The van der Waals surface area contributed by atoms with Crippen LogP contribution in [-0.2, 0) is 11.3 Å². The summed E-state index contributed by atoms with van der Waals surface area (Å²) in [6, 6.07) is 2.07. The van der Waals surface area contributed by atoms with E-state index >= 15 is 0 Å². The van der Waals surface area contributed by atoms with Gasteiger partial charge in [-0.1, -0.05) is 12.2 Å². The van der Waals surface area contributed by atoms with Crippen LogP contribution in [0.2, 0.25) is 0 Å². The molecule has 0 spiro atoms. The zero-order chi connectivity index (χ0) is 11.4. The van der Waals surface area contributed by atoms with Crippen molar-refractivity contribution in [3.63, 3.8) is 0 Å². The van der Waals surface area contributed by atoms with Gasteiger partial charge < -0.3 is 4.90 Å². The van der Waals surface area contributed by atoms with Gasteiger partial charge in [0.1, 0.15) is 0 Å². The van der Waals surface area contributed by atoms with Gasteiger partial charge in [-0.05, 0) is 41.1 Å². The first-order valence-electron chi connectivity index (χ1n) is 5.67. The zero-order valence-electron chi connectivity index (χ0n) is 9.56. The van der Waals surface area contributed by atoms with Gasteiger partial charge in [-0.15, -0.1) is 0 Å². The second-order valence-corrected chi connectivity index (χ2v) is 5.13. The predicted molar refractivity (Wildman–Crippen MR) is 67.3 cm³/mol. The number of hydrogen-bond donors (Lipinski definition) is 0. The Morgan fingerprint density at radius 2 is 2.50 bits per heavy atom. The van der Waals surface area contributed by atoms with E-state index in [1.807, 2.05) is 17.3 Å². The van der Waals surface area contributed by atoms with Gasteiger partial charge in [-0.2, -0.15) is 11.3 Å². The van der Waals surface area contributed by atoms with Crippen molar-refractivity contribution in [2.45, 2.75) is 25.8 Å². The van der Waals surface area contributed by atoms with Gasteiger partial charge in [0.25, 0.3) is 0 Å². The molecule has 1 atom stereocenters. The van der Waals surface area contributed by atoms with E-state index in [9.17, 15) is 4.79 Å². The Morgan fingerprint density at radius 1 is 1.62 bits per heavy atom. The Morgan fingerprint density at radius 3 is 3.12 bits per heavy atom. The third kappa shape index (κ3) is 2.95. The average Bonchev–Trinajstić information content (AvgIpc) is 2.90. The van der Waals surface area contributed by atoms with Gasteiger partial charge in [-0.3, -0.25) is 4.79 Å². The highest BCUT2D eigenvalue weighted by Gasteiger charge is 2.16. The lowest BCUT2D eigenvalue weighted by molar-refractivity contribution is -0.131. The first-order valence-corrected chi connectivity index (χ1v) is 6.61. The summed E-state index contributed by atoms with van der Waals surface area (Å²) < 4.78 is 0. The van der Waals surface area contributed by atoms with E-state index in [0.717, 1.165) is 19.4 Å². The molecule has 0 fully saturated rings. The number of rotatable bonds is 4. The smallest absolute Gasteiger partial charge is 0.223 e. The van der Waals surface area contributed by atoms with Crippen molar-refractivity contribution < 1.29 is 4.79 Å². The molecule has 1 aliphatic carbocycles. The van der Waals surface area contributed by atoms with Gasteiger partial charge in [0, 0.05) is 20.0 Å². The minimum atomic E-state index is 0.253. The number of hydrogen-bond acceptors (Lipinski definition) is 2. The Bertz CT molecular complexity index is 369. The molecular weight excluding hydrogens is 218 g/mol. The fourth-order valence-electron chi connectivity index (χ4n) is 1.99. The molecule has 0 radical (unpaired) electrons. The van der Waals surface area contributed by atoms with Crippen LogP contribution in [0.15, 0.2) is 29.0 Å². The Kier molecular flexibility index (Phi) is 3.78. The van der Waals surface area contributed by atoms with Crippen LogP contribution >= 0.6 is 11.3 Å². The largest absolute Gasteiger partial charge is 0.341 e. The molecule has 2 rings (SSSR count). The molecule has 86 valence electrons. The van der Waals surface area contributed by atoms with Crippen LogP contribution in [0.1, 0.15) is 24.8 Å². The van der Waals surface area contributed by atoms with Crippen LogP contribution < -0.4 is 0 Å². The summed E-state index contributed by atoms with van der Waals surface area (Å²) >= 11 is 1.68. The zero-order valence-corrected chi connectivity index (χ0v) is 10.4. The van der Waals surface area contributed by atoms with Crippen molar-refractivity contribution in [2.24, 2.45) is 5.92 Å². The molecule has 1 aliphatic rings. The second-order valence-electron chi connectivity index (χ2n) is 4.35. The topological polar surface area (TPSA) is 20.3 Å². The third-order valence-corrected chi connectivity index (χ3v) is 3.71. The minimum absolute atomic E-state index is 0.253. The van der Waals surface area contributed by atoms with Crippen LogP contribution in [0, 0.1) is 5.92 Å². The van der Waals surface area contributed by atoms with Gasteiger partial charge in [0.05, 0.1) is 0 Å². The van der Waals surface area contributed by atoms with E-state index in [2.05, 4.69) is 23.6 Å². The predicted octanol–water partition coefficient (Wildman–Crippen LogP) is 3.06. The number of thiophene rings is 1. The third-order valence-electron chi connectivity index (χ3n) is 2.97. The summed E-state index contributed by atoms with van der Waals surface area (Å²) in [4.78, 5) is 13.7. The van der Waals surface area contributed by atoms with E-state index in [4.69, 9.17) is 0 Å². The summed E-state index contributed by atoms with van der Waals surface area (Å²) in [6.45, 7) is 0.735. The van der Waals surface area contributed by atoms with Gasteiger partial charge in [-0.25, -0.2) is 0 Å². The molecule has 2 nitrogen and oxygen atoms in total. The van der Waals surface area contributed by atoms with Crippen molar-refractivity contribution in [2.75, 3.05) is 7.05 Å². The van der Waals surface area contributed by atoms with Gasteiger partial charge >= 0.3 is 0 Å². The second kappa shape index (κ2) is 5.30. The number of allylic oxidation sites excluding steroid dienone is 2. The summed E-state index contributed by atoms with van der Waals surface area (Å²) in [5.41, 5.74) is 1.22. The molecule has 0 saturated heterocycles. The molecule has 0 bridgehead atoms. The minimum Gasteiger partial charge on any atom is -0.341 e. The van der Waals surface area contributed by atoms with E-state index in [-0.39, 0.29) is 5.91 Å².